The van der Waals surface area contributed by atoms with Gasteiger partial charge in [-0.15, -0.1) is 10.2 Å². The van der Waals surface area contributed by atoms with Crippen molar-refractivity contribution >= 4 is 28.9 Å². The predicted molar refractivity (Wildman–Crippen MR) is 130 cm³/mol. The number of ether oxygens (including phenoxy) is 1. The molecule has 2 aromatic carbocycles. The first-order valence-corrected chi connectivity index (χ1v) is 11.4. The molecule has 0 amide bonds. The van der Waals surface area contributed by atoms with Gasteiger partial charge in [-0.1, -0.05) is 17.7 Å². The Morgan fingerprint density at radius 1 is 1.09 bits per heavy atom. The molecule has 5 rings (SSSR count). The van der Waals surface area contributed by atoms with Crippen molar-refractivity contribution in [3.63, 3.8) is 0 Å². The highest BCUT2D eigenvalue weighted by Crippen LogP contribution is 2.44. The maximum atomic E-state index is 13.5. The Morgan fingerprint density at radius 2 is 1.89 bits per heavy atom. The van der Waals surface area contributed by atoms with Gasteiger partial charge in [0, 0.05) is 28.5 Å². The lowest BCUT2D eigenvalue weighted by molar-refractivity contribution is 0.0935. The van der Waals surface area contributed by atoms with Gasteiger partial charge in [0.25, 0.3) is 11.8 Å². The second kappa shape index (κ2) is 9.31. The fourth-order valence-corrected chi connectivity index (χ4v) is 4.49. The third-order valence-corrected chi connectivity index (χ3v) is 6.38. The number of anilines is 1. The summed E-state index contributed by atoms with van der Waals surface area (Å²) in [7, 11) is 1.58. The molecule has 2 unspecified atom stereocenters. The molecule has 2 atom stereocenters. The van der Waals surface area contributed by atoms with Crippen LogP contribution in [-0.2, 0) is 0 Å². The van der Waals surface area contributed by atoms with Gasteiger partial charge >= 0.3 is 0 Å². The van der Waals surface area contributed by atoms with Gasteiger partial charge in [0.1, 0.15) is 11.4 Å². The van der Waals surface area contributed by atoms with E-state index in [0.29, 0.717) is 22.0 Å². The van der Waals surface area contributed by atoms with Crippen molar-refractivity contribution in [2.24, 2.45) is 0 Å². The van der Waals surface area contributed by atoms with Crippen molar-refractivity contribution in [2.45, 2.75) is 18.9 Å². The molecule has 4 aromatic rings. The molecule has 1 aliphatic heterocycles. The Hall–Kier alpha value is -4.04. The van der Waals surface area contributed by atoms with Crippen LogP contribution in [0.4, 0.5) is 5.69 Å². The summed E-state index contributed by atoms with van der Waals surface area (Å²) in [5, 5.41) is 8.43. The molecule has 0 saturated carbocycles. The van der Waals surface area contributed by atoms with E-state index in [1.165, 1.54) is 0 Å². The largest absolute Gasteiger partial charge is 0.497 e. The number of carbonyl (C=O) groups is 2. The van der Waals surface area contributed by atoms with Crippen molar-refractivity contribution in [1.29, 1.82) is 0 Å². The van der Waals surface area contributed by atoms with E-state index in [-0.39, 0.29) is 35.9 Å². The number of nitrogens with zero attached hydrogens (tertiary/aromatic N) is 4. The second-order valence-electron chi connectivity index (χ2n) is 8.19. The fourth-order valence-electron chi connectivity index (χ4n) is 4.36. The van der Waals surface area contributed by atoms with Crippen LogP contribution in [0, 0.1) is 0 Å². The molecule has 8 nitrogen and oxygen atoms in total. The third kappa shape index (κ3) is 4.28. The molecule has 0 N–H and O–H groups in total. The summed E-state index contributed by atoms with van der Waals surface area (Å²) in [6.07, 6.45) is 1.61. The third-order valence-electron chi connectivity index (χ3n) is 6.13. The molecule has 0 bridgehead atoms. The lowest BCUT2D eigenvalue weighted by Gasteiger charge is -2.25. The summed E-state index contributed by atoms with van der Waals surface area (Å²) in [5.41, 5.74) is 2.61. The van der Waals surface area contributed by atoms with Crippen LogP contribution in [0.3, 0.4) is 0 Å². The summed E-state index contributed by atoms with van der Waals surface area (Å²) < 4.78 is 11.0. The maximum absolute atomic E-state index is 13.5. The highest BCUT2D eigenvalue weighted by molar-refractivity contribution is 6.30. The highest BCUT2D eigenvalue weighted by atomic mass is 35.5. The molecule has 35 heavy (non-hydrogen) atoms. The average Bonchev–Trinajstić information content (AvgIpc) is 3.48. The minimum Gasteiger partial charge on any atom is -0.497 e. The average molecular weight is 489 g/mol. The molecule has 0 saturated heterocycles. The molecule has 3 heterocycles. The van der Waals surface area contributed by atoms with Gasteiger partial charge in [0.15, 0.2) is 5.78 Å². The van der Waals surface area contributed by atoms with Crippen LogP contribution in [0.5, 0.6) is 5.75 Å². The van der Waals surface area contributed by atoms with Crippen LogP contribution in [0.25, 0.3) is 11.6 Å². The Balaban J connectivity index is 1.45. The number of carbonyl (C=O) groups excluding carboxylic acids is 2. The molecule has 9 heteroatoms. The molecule has 0 fully saturated rings. The van der Waals surface area contributed by atoms with Crippen molar-refractivity contribution in [3.8, 4) is 17.3 Å². The summed E-state index contributed by atoms with van der Waals surface area (Å²) >= 11 is 6.01. The summed E-state index contributed by atoms with van der Waals surface area (Å²) in [6.45, 7) is 1.89. The minimum absolute atomic E-state index is 0.0330. The first-order chi connectivity index (χ1) is 17.0. The molecule has 0 aliphatic carbocycles. The predicted octanol–water partition coefficient (Wildman–Crippen LogP) is 4.85. The Labute approximate surface area is 206 Å². The Bertz CT molecular complexity index is 1390. The molecule has 1 aliphatic rings. The maximum Gasteiger partial charge on any atom is 0.286 e. The quantitative estimate of drug-likeness (QED) is 0.340. The number of hydrogen-bond donors (Lipinski definition) is 0. The van der Waals surface area contributed by atoms with Crippen molar-refractivity contribution in [1.82, 2.24) is 15.2 Å². The number of pyridine rings is 1. The number of aromatic nitrogens is 3. The van der Waals surface area contributed by atoms with Crippen molar-refractivity contribution < 1.29 is 18.7 Å². The van der Waals surface area contributed by atoms with Gasteiger partial charge in [-0.3, -0.25) is 14.6 Å². The number of methoxy groups -OCH3 is 1. The zero-order chi connectivity index (χ0) is 24.5. The van der Waals surface area contributed by atoms with Crippen LogP contribution in [-0.4, -0.2) is 46.4 Å². The zero-order valence-electron chi connectivity index (χ0n) is 19.0. The van der Waals surface area contributed by atoms with Crippen LogP contribution in [0.2, 0.25) is 5.02 Å². The zero-order valence-corrected chi connectivity index (χ0v) is 19.8. The molecule has 2 aromatic heterocycles. The number of ketones is 2. The Kier molecular flexibility index (Phi) is 6.05. The van der Waals surface area contributed by atoms with Gasteiger partial charge in [0.05, 0.1) is 19.6 Å². The van der Waals surface area contributed by atoms with Crippen LogP contribution in [0.15, 0.2) is 71.3 Å². The second-order valence-corrected chi connectivity index (χ2v) is 8.63. The Morgan fingerprint density at radius 3 is 2.60 bits per heavy atom. The normalized spacial score (nSPS) is 16.7. The van der Waals surface area contributed by atoms with E-state index >= 15 is 0 Å². The molecule has 0 spiro atoms. The van der Waals surface area contributed by atoms with E-state index in [2.05, 4.69) is 15.2 Å². The van der Waals surface area contributed by atoms with Gasteiger partial charge in [-0.05, 0) is 67.1 Å². The van der Waals surface area contributed by atoms with Crippen molar-refractivity contribution in [2.75, 3.05) is 18.6 Å². The van der Waals surface area contributed by atoms with E-state index in [9.17, 15) is 9.59 Å². The lowest BCUT2D eigenvalue weighted by atomic mass is 9.88. The summed E-state index contributed by atoms with van der Waals surface area (Å²) in [4.78, 5) is 32.7. The van der Waals surface area contributed by atoms with Gasteiger partial charge in [-0.2, -0.15) is 0 Å². The van der Waals surface area contributed by atoms with E-state index in [1.54, 1.807) is 55.8 Å². The number of hydrogen-bond acceptors (Lipinski definition) is 8. The van der Waals surface area contributed by atoms with Crippen molar-refractivity contribution in [3.05, 3.63) is 88.9 Å². The lowest BCUT2D eigenvalue weighted by Crippen LogP contribution is -2.38. The molecular weight excluding hydrogens is 468 g/mol. The van der Waals surface area contributed by atoms with Gasteiger partial charge in [0.2, 0.25) is 5.78 Å². The number of Topliss-reactive ketones (excluding diaryl/α,β-unsaturated/α-hetero) is 2. The number of rotatable bonds is 7. The fraction of sp³-hybridized carbons (Fsp3) is 0.192. The number of halogens is 1. The molecular formula is C26H21ClN4O4. The van der Waals surface area contributed by atoms with Crippen LogP contribution >= 0.6 is 11.6 Å². The molecule has 176 valence electrons. The van der Waals surface area contributed by atoms with E-state index in [0.717, 1.165) is 11.3 Å². The SMILES string of the molecule is COc1ccc2c(c1)C(C(=O)c1ccc(Cl)cc1)C(C)N2CC(=O)c1nnc(-c2ccccn2)o1. The topological polar surface area (TPSA) is 98.4 Å². The smallest absolute Gasteiger partial charge is 0.286 e. The number of fused-ring (bicyclic) bond motifs is 1. The standard InChI is InChI=1S/C26H21ClN4O4/c1-15-23(24(33)16-6-8-17(27)9-7-16)19-13-18(34-2)10-11-21(19)31(15)14-22(32)26-30-29-25(35-26)20-5-3-4-12-28-20/h3-13,15,23H,14H2,1-2H3. The highest BCUT2D eigenvalue weighted by Gasteiger charge is 2.41. The monoisotopic (exact) mass is 488 g/mol. The van der Waals surface area contributed by atoms with Gasteiger partial charge < -0.3 is 14.1 Å². The van der Waals surface area contributed by atoms with Gasteiger partial charge in [-0.25, -0.2) is 0 Å². The first-order valence-electron chi connectivity index (χ1n) is 11.0. The number of benzene rings is 2. The first kappa shape index (κ1) is 22.7. The minimum atomic E-state index is -0.499. The summed E-state index contributed by atoms with van der Waals surface area (Å²) in [5.74, 6) is -0.220. The van der Waals surface area contributed by atoms with E-state index in [4.69, 9.17) is 20.8 Å². The summed E-state index contributed by atoms with van der Waals surface area (Å²) in [6, 6.07) is 17.3. The van der Waals surface area contributed by atoms with Crippen LogP contribution < -0.4 is 9.64 Å². The van der Waals surface area contributed by atoms with E-state index in [1.807, 2.05) is 30.0 Å². The van der Waals surface area contributed by atoms with E-state index < -0.39 is 5.92 Å². The van der Waals surface area contributed by atoms with Crippen LogP contribution in [0.1, 0.15) is 39.4 Å². The molecule has 0 radical (unpaired) electrons.